The lowest BCUT2D eigenvalue weighted by Crippen LogP contribution is -2.42. The number of nitrogens with one attached hydrogen (secondary N) is 2. The van der Waals surface area contributed by atoms with E-state index in [1.165, 1.54) is 19.3 Å². The average molecular weight is 286 g/mol. The summed E-state index contributed by atoms with van der Waals surface area (Å²) in [6.07, 6.45) is 7.90. The van der Waals surface area contributed by atoms with Crippen LogP contribution in [-0.4, -0.2) is 21.5 Å². The predicted molar refractivity (Wildman–Crippen MR) is 82.2 cm³/mol. The number of nitrogens with zero attached hydrogens (tertiary/aromatic N) is 2. The molecule has 1 aliphatic carbocycles. The molecule has 0 atom stereocenters. The molecule has 0 aliphatic heterocycles. The van der Waals surface area contributed by atoms with Crippen molar-refractivity contribution >= 4 is 11.7 Å². The summed E-state index contributed by atoms with van der Waals surface area (Å²) in [5.74, 6) is 0. The van der Waals surface area contributed by atoms with Gasteiger partial charge in [-0.05, 0) is 31.9 Å². The number of aromatic nitrogens is 2. The Bertz CT molecular complexity index is 628. The van der Waals surface area contributed by atoms with Crippen LogP contribution < -0.4 is 10.6 Å². The molecular weight excluding hydrogens is 264 g/mol. The number of hydrogen-bond acceptors (Lipinski definition) is 2. The van der Waals surface area contributed by atoms with E-state index in [0.717, 1.165) is 29.9 Å². The lowest BCUT2D eigenvalue weighted by atomic mass is 9.96. The summed E-state index contributed by atoms with van der Waals surface area (Å²) < 4.78 is 2.04. The first kappa shape index (κ1) is 13.9. The third-order valence-corrected chi connectivity index (χ3v) is 4.12. The van der Waals surface area contributed by atoms with Crippen LogP contribution in [0.3, 0.4) is 0 Å². The van der Waals surface area contributed by atoms with Gasteiger partial charge in [-0.25, -0.2) is 9.78 Å². The first-order valence-corrected chi connectivity index (χ1v) is 7.70. The second kappa shape index (κ2) is 6.16. The molecule has 0 spiro atoms. The van der Waals surface area contributed by atoms with Crippen LogP contribution in [0.5, 0.6) is 0 Å². The Hall–Kier alpha value is -2.04. The molecule has 0 unspecified atom stereocenters. The number of pyridine rings is 1. The number of aryl methyl sites for hydroxylation is 1. The first-order valence-electron chi connectivity index (χ1n) is 7.70. The molecule has 2 amide bonds. The molecule has 21 heavy (non-hydrogen) atoms. The maximum absolute atomic E-state index is 11.9. The lowest BCUT2D eigenvalue weighted by Gasteiger charge is -2.22. The van der Waals surface area contributed by atoms with Gasteiger partial charge in [0, 0.05) is 17.9 Å². The van der Waals surface area contributed by atoms with Crippen LogP contribution in [0, 0.1) is 6.92 Å². The molecule has 0 radical (unpaired) electrons. The van der Waals surface area contributed by atoms with Crippen LogP contribution in [-0.2, 0) is 6.54 Å². The maximum Gasteiger partial charge on any atom is 0.315 e. The van der Waals surface area contributed by atoms with E-state index in [-0.39, 0.29) is 6.03 Å². The van der Waals surface area contributed by atoms with Gasteiger partial charge in [-0.3, -0.25) is 0 Å². The molecule has 2 aromatic rings. The Balaban J connectivity index is 1.55. The summed E-state index contributed by atoms with van der Waals surface area (Å²) in [6.45, 7) is 2.50. The molecule has 2 aromatic heterocycles. The van der Waals surface area contributed by atoms with Crippen molar-refractivity contribution in [3.05, 3.63) is 35.8 Å². The van der Waals surface area contributed by atoms with Gasteiger partial charge in [-0.2, -0.15) is 0 Å². The van der Waals surface area contributed by atoms with Crippen molar-refractivity contribution in [2.45, 2.75) is 51.6 Å². The second-order valence-electron chi connectivity index (χ2n) is 5.79. The summed E-state index contributed by atoms with van der Waals surface area (Å²) in [5.41, 5.74) is 2.93. The molecule has 2 N–H and O–H groups in total. The fourth-order valence-corrected chi connectivity index (χ4v) is 2.94. The lowest BCUT2D eigenvalue weighted by molar-refractivity contribution is 0.232. The van der Waals surface area contributed by atoms with Crippen LogP contribution in [0.1, 0.15) is 43.5 Å². The fraction of sp³-hybridized carbons (Fsp3) is 0.500. The maximum atomic E-state index is 11.9. The van der Waals surface area contributed by atoms with Crippen molar-refractivity contribution in [1.29, 1.82) is 0 Å². The average Bonchev–Trinajstić information content (AvgIpc) is 2.91. The van der Waals surface area contributed by atoms with E-state index < -0.39 is 0 Å². The third kappa shape index (κ3) is 3.35. The topological polar surface area (TPSA) is 58.4 Å². The highest BCUT2D eigenvalue weighted by atomic mass is 16.2. The highest BCUT2D eigenvalue weighted by Gasteiger charge is 2.15. The summed E-state index contributed by atoms with van der Waals surface area (Å²) in [4.78, 5) is 16.4. The smallest absolute Gasteiger partial charge is 0.315 e. The first-order chi connectivity index (χ1) is 10.2. The summed E-state index contributed by atoms with van der Waals surface area (Å²) in [5, 5.41) is 5.95. The Labute approximate surface area is 124 Å². The second-order valence-corrected chi connectivity index (χ2v) is 5.79. The number of rotatable bonds is 3. The van der Waals surface area contributed by atoms with E-state index in [0.29, 0.717) is 12.6 Å². The molecule has 0 aromatic carbocycles. The van der Waals surface area contributed by atoms with Gasteiger partial charge < -0.3 is 15.0 Å². The number of amides is 2. The SMILES string of the molecule is Cc1cccc2nc(CNC(=O)NC3CCCCC3)cn12. The Kier molecular flexibility index (Phi) is 4.08. The van der Waals surface area contributed by atoms with Crippen LogP contribution >= 0.6 is 0 Å². The van der Waals surface area contributed by atoms with Crippen molar-refractivity contribution in [3.8, 4) is 0 Å². The van der Waals surface area contributed by atoms with E-state index in [4.69, 9.17) is 0 Å². The van der Waals surface area contributed by atoms with Gasteiger partial charge in [0.15, 0.2) is 0 Å². The van der Waals surface area contributed by atoms with Crippen LogP contribution in [0.2, 0.25) is 0 Å². The molecule has 0 bridgehead atoms. The molecule has 5 nitrogen and oxygen atoms in total. The highest BCUT2D eigenvalue weighted by molar-refractivity contribution is 5.74. The molecule has 1 fully saturated rings. The molecule has 2 heterocycles. The van der Waals surface area contributed by atoms with Gasteiger partial charge in [-0.15, -0.1) is 0 Å². The molecule has 3 rings (SSSR count). The van der Waals surface area contributed by atoms with Gasteiger partial charge >= 0.3 is 6.03 Å². The largest absolute Gasteiger partial charge is 0.335 e. The van der Waals surface area contributed by atoms with Crippen LogP contribution in [0.4, 0.5) is 4.79 Å². The normalized spacial score (nSPS) is 16.0. The summed E-state index contributed by atoms with van der Waals surface area (Å²) in [6, 6.07) is 6.25. The van der Waals surface area contributed by atoms with Crippen molar-refractivity contribution < 1.29 is 4.79 Å². The number of imidazole rings is 1. The number of carbonyl (C=O) groups excluding carboxylic acids is 1. The molecule has 5 heteroatoms. The molecule has 1 aliphatic rings. The summed E-state index contributed by atoms with van der Waals surface area (Å²) >= 11 is 0. The van der Waals surface area contributed by atoms with E-state index in [1.54, 1.807) is 0 Å². The van der Waals surface area contributed by atoms with E-state index >= 15 is 0 Å². The molecule has 1 saturated carbocycles. The van der Waals surface area contributed by atoms with Crippen molar-refractivity contribution in [1.82, 2.24) is 20.0 Å². The highest BCUT2D eigenvalue weighted by Crippen LogP contribution is 2.17. The minimum absolute atomic E-state index is 0.0873. The van der Waals surface area contributed by atoms with Crippen molar-refractivity contribution in [3.63, 3.8) is 0 Å². The molecular formula is C16H22N4O. The Morgan fingerprint density at radius 2 is 2.14 bits per heavy atom. The molecule has 0 saturated heterocycles. The minimum Gasteiger partial charge on any atom is -0.335 e. The van der Waals surface area contributed by atoms with Crippen LogP contribution in [0.15, 0.2) is 24.4 Å². The van der Waals surface area contributed by atoms with Crippen molar-refractivity contribution in [2.75, 3.05) is 0 Å². The third-order valence-electron chi connectivity index (χ3n) is 4.12. The monoisotopic (exact) mass is 286 g/mol. The Morgan fingerprint density at radius 3 is 2.90 bits per heavy atom. The van der Waals surface area contributed by atoms with E-state index in [9.17, 15) is 4.79 Å². The number of urea groups is 1. The van der Waals surface area contributed by atoms with E-state index in [2.05, 4.69) is 15.6 Å². The Morgan fingerprint density at radius 1 is 1.33 bits per heavy atom. The molecule has 112 valence electrons. The van der Waals surface area contributed by atoms with Gasteiger partial charge in [0.05, 0.1) is 12.2 Å². The fourth-order valence-electron chi connectivity index (χ4n) is 2.94. The van der Waals surface area contributed by atoms with Gasteiger partial charge in [0.25, 0.3) is 0 Å². The number of fused-ring (bicyclic) bond motifs is 1. The van der Waals surface area contributed by atoms with Gasteiger partial charge in [0.2, 0.25) is 0 Å². The van der Waals surface area contributed by atoms with Crippen molar-refractivity contribution in [2.24, 2.45) is 0 Å². The number of hydrogen-bond donors (Lipinski definition) is 2. The zero-order chi connectivity index (χ0) is 14.7. The van der Waals surface area contributed by atoms with Crippen LogP contribution in [0.25, 0.3) is 5.65 Å². The van der Waals surface area contributed by atoms with Gasteiger partial charge in [0.1, 0.15) is 5.65 Å². The zero-order valence-electron chi connectivity index (χ0n) is 12.4. The zero-order valence-corrected chi connectivity index (χ0v) is 12.4. The predicted octanol–water partition coefficient (Wildman–Crippen LogP) is 2.77. The van der Waals surface area contributed by atoms with Gasteiger partial charge in [-0.1, -0.05) is 25.3 Å². The summed E-state index contributed by atoms with van der Waals surface area (Å²) in [7, 11) is 0. The standard InChI is InChI=1S/C16H22N4O/c1-12-6-5-9-15-18-14(11-20(12)15)10-17-16(21)19-13-7-3-2-4-8-13/h5-6,9,11,13H,2-4,7-8,10H2,1H3,(H2,17,19,21). The number of carbonyl (C=O) groups is 1. The van der Waals surface area contributed by atoms with E-state index in [1.807, 2.05) is 35.7 Å². The minimum atomic E-state index is -0.0873. The quantitative estimate of drug-likeness (QED) is 0.911.